The molecular formula is C17H19F4NO2. The van der Waals surface area contributed by atoms with Crippen molar-refractivity contribution in [2.45, 2.75) is 39.0 Å². The molecule has 0 fully saturated rings. The third-order valence-electron chi connectivity index (χ3n) is 3.50. The number of alkyl halides is 3. The lowest BCUT2D eigenvalue weighted by Crippen LogP contribution is -2.39. The summed E-state index contributed by atoms with van der Waals surface area (Å²) in [5.41, 5.74) is -1.71. The number of benzene rings is 1. The van der Waals surface area contributed by atoms with Crippen LogP contribution in [0.15, 0.2) is 24.3 Å². The van der Waals surface area contributed by atoms with Gasteiger partial charge in [-0.2, -0.15) is 13.2 Å². The minimum absolute atomic E-state index is 0.123. The van der Waals surface area contributed by atoms with Crippen LogP contribution in [0.3, 0.4) is 0 Å². The second-order valence-corrected chi connectivity index (χ2v) is 6.57. The average molecular weight is 345 g/mol. The van der Waals surface area contributed by atoms with Gasteiger partial charge in [0.05, 0.1) is 5.56 Å². The predicted octanol–water partition coefficient (Wildman–Crippen LogP) is 4.87. The Labute approximate surface area is 137 Å². The summed E-state index contributed by atoms with van der Waals surface area (Å²) in [4.78, 5) is 13.4. The van der Waals surface area contributed by atoms with Crippen LogP contribution in [-0.2, 0) is 10.9 Å². The highest BCUT2D eigenvalue weighted by molar-refractivity contribution is 5.74. The number of hydrogen-bond donors (Lipinski definition) is 0. The van der Waals surface area contributed by atoms with E-state index >= 15 is 0 Å². The zero-order valence-corrected chi connectivity index (χ0v) is 13.7. The third kappa shape index (κ3) is 4.27. The Bertz CT molecular complexity index is 660. The molecular weight excluding hydrogens is 326 g/mol. The standard InChI is InChI=1S/C17H19F4NO2/c1-16(2,3)24-15(23)22-9-7-11(8-10-22)12-5-4-6-13(18)14(12)17(19,20)21/h4-7H,8-10H2,1-3H3. The van der Waals surface area contributed by atoms with Gasteiger partial charge in [-0.1, -0.05) is 18.2 Å². The van der Waals surface area contributed by atoms with Gasteiger partial charge < -0.3 is 9.64 Å². The molecule has 3 nitrogen and oxygen atoms in total. The second-order valence-electron chi connectivity index (χ2n) is 6.57. The molecule has 1 aliphatic rings. The van der Waals surface area contributed by atoms with Crippen LogP contribution in [0, 0.1) is 5.82 Å². The molecule has 0 aliphatic carbocycles. The van der Waals surface area contributed by atoms with Crippen molar-refractivity contribution < 1.29 is 27.1 Å². The van der Waals surface area contributed by atoms with Crippen molar-refractivity contribution in [1.82, 2.24) is 4.90 Å². The van der Waals surface area contributed by atoms with Crippen LogP contribution in [0.5, 0.6) is 0 Å². The lowest BCUT2D eigenvalue weighted by atomic mass is 9.94. The number of nitrogens with zero attached hydrogens (tertiary/aromatic N) is 1. The van der Waals surface area contributed by atoms with E-state index in [9.17, 15) is 22.4 Å². The largest absolute Gasteiger partial charge is 0.444 e. The van der Waals surface area contributed by atoms with E-state index in [1.807, 2.05) is 0 Å². The van der Waals surface area contributed by atoms with E-state index in [1.165, 1.54) is 23.1 Å². The number of carbonyl (C=O) groups is 1. The SMILES string of the molecule is CC(C)(C)OC(=O)N1CC=C(c2cccc(F)c2C(F)(F)F)CC1. The predicted molar refractivity (Wildman–Crippen MR) is 81.8 cm³/mol. The Balaban J connectivity index is 2.23. The highest BCUT2D eigenvalue weighted by atomic mass is 19.4. The van der Waals surface area contributed by atoms with Crippen LogP contribution in [0.1, 0.15) is 38.3 Å². The Morgan fingerprint density at radius 3 is 2.38 bits per heavy atom. The fourth-order valence-corrected chi connectivity index (χ4v) is 2.49. The lowest BCUT2D eigenvalue weighted by Gasteiger charge is -2.30. The van der Waals surface area contributed by atoms with Crippen molar-refractivity contribution in [3.63, 3.8) is 0 Å². The molecule has 0 bridgehead atoms. The number of amides is 1. The minimum Gasteiger partial charge on any atom is -0.444 e. The van der Waals surface area contributed by atoms with Crippen molar-refractivity contribution >= 4 is 11.7 Å². The molecule has 1 aromatic rings. The van der Waals surface area contributed by atoms with Gasteiger partial charge in [-0.3, -0.25) is 0 Å². The molecule has 1 amide bonds. The van der Waals surface area contributed by atoms with Gasteiger partial charge in [-0.05, 0) is 44.4 Å². The van der Waals surface area contributed by atoms with Crippen molar-refractivity contribution in [2.75, 3.05) is 13.1 Å². The van der Waals surface area contributed by atoms with Gasteiger partial charge in [0.2, 0.25) is 0 Å². The van der Waals surface area contributed by atoms with Crippen molar-refractivity contribution in [2.24, 2.45) is 0 Å². The van der Waals surface area contributed by atoms with Crippen LogP contribution >= 0.6 is 0 Å². The molecule has 0 spiro atoms. The van der Waals surface area contributed by atoms with Gasteiger partial charge in [0.25, 0.3) is 0 Å². The van der Waals surface area contributed by atoms with Gasteiger partial charge >= 0.3 is 12.3 Å². The fraction of sp³-hybridized carbons (Fsp3) is 0.471. The molecule has 2 rings (SSSR count). The molecule has 132 valence electrons. The molecule has 7 heteroatoms. The first kappa shape index (κ1) is 18.3. The quantitative estimate of drug-likeness (QED) is 0.680. The third-order valence-corrected chi connectivity index (χ3v) is 3.50. The van der Waals surface area contributed by atoms with E-state index in [0.29, 0.717) is 5.57 Å². The molecule has 0 N–H and O–H groups in total. The number of hydrogen-bond acceptors (Lipinski definition) is 2. The molecule has 0 unspecified atom stereocenters. The number of carbonyl (C=O) groups excluding carboxylic acids is 1. The molecule has 24 heavy (non-hydrogen) atoms. The summed E-state index contributed by atoms with van der Waals surface area (Å²) in [6, 6.07) is 3.30. The maximum atomic E-state index is 13.7. The molecule has 1 aromatic carbocycles. The van der Waals surface area contributed by atoms with Crippen LogP contribution in [0.25, 0.3) is 5.57 Å². The monoisotopic (exact) mass is 345 g/mol. The topological polar surface area (TPSA) is 29.5 Å². The summed E-state index contributed by atoms with van der Waals surface area (Å²) in [5, 5.41) is 0. The first-order valence-electron chi connectivity index (χ1n) is 7.52. The van der Waals surface area contributed by atoms with Crippen LogP contribution in [0.4, 0.5) is 22.4 Å². The lowest BCUT2D eigenvalue weighted by molar-refractivity contribution is -0.140. The van der Waals surface area contributed by atoms with E-state index in [4.69, 9.17) is 4.74 Å². The summed E-state index contributed by atoms with van der Waals surface area (Å²) in [6.07, 6.45) is -3.58. The Hall–Kier alpha value is -2.05. The summed E-state index contributed by atoms with van der Waals surface area (Å²) in [7, 11) is 0. The molecule has 0 atom stereocenters. The van der Waals surface area contributed by atoms with E-state index < -0.39 is 29.3 Å². The van der Waals surface area contributed by atoms with E-state index in [2.05, 4.69) is 0 Å². The minimum atomic E-state index is -4.77. The van der Waals surface area contributed by atoms with Gasteiger partial charge in [0, 0.05) is 13.1 Å². The van der Waals surface area contributed by atoms with Gasteiger partial charge in [-0.15, -0.1) is 0 Å². The van der Waals surface area contributed by atoms with E-state index in [1.54, 1.807) is 20.8 Å². The number of rotatable bonds is 1. The Kier molecular flexibility index (Phi) is 4.92. The zero-order chi connectivity index (χ0) is 18.1. The Morgan fingerprint density at radius 2 is 1.88 bits per heavy atom. The maximum Gasteiger partial charge on any atom is 0.419 e. The van der Waals surface area contributed by atoms with Crippen molar-refractivity contribution in [3.8, 4) is 0 Å². The first-order valence-corrected chi connectivity index (χ1v) is 7.52. The highest BCUT2D eigenvalue weighted by Gasteiger charge is 2.37. The van der Waals surface area contributed by atoms with Crippen molar-refractivity contribution in [3.05, 3.63) is 41.2 Å². The molecule has 0 saturated carbocycles. The molecule has 0 aromatic heterocycles. The van der Waals surface area contributed by atoms with Gasteiger partial charge in [0.1, 0.15) is 11.4 Å². The Morgan fingerprint density at radius 1 is 1.21 bits per heavy atom. The zero-order valence-electron chi connectivity index (χ0n) is 13.7. The normalized spacial score (nSPS) is 16.0. The molecule has 1 heterocycles. The van der Waals surface area contributed by atoms with Gasteiger partial charge in [0.15, 0.2) is 0 Å². The molecule has 0 radical (unpaired) electrons. The summed E-state index contributed by atoms with van der Waals surface area (Å²) >= 11 is 0. The summed E-state index contributed by atoms with van der Waals surface area (Å²) in [6.45, 7) is 5.54. The maximum absolute atomic E-state index is 13.7. The van der Waals surface area contributed by atoms with E-state index in [0.717, 1.165) is 6.07 Å². The van der Waals surface area contributed by atoms with Crippen LogP contribution in [0.2, 0.25) is 0 Å². The summed E-state index contributed by atoms with van der Waals surface area (Å²) < 4.78 is 58.2. The van der Waals surface area contributed by atoms with Gasteiger partial charge in [-0.25, -0.2) is 9.18 Å². The smallest absolute Gasteiger partial charge is 0.419 e. The molecule has 0 saturated heterocycles. The van der Waals surface area contributed by atoms with Crippen LogP contribution in [-0.4, -0.2) is 29.7 Å². The van der Waals surface area contributed by atoms with E-state index in [-0.39, 0.29) is 25.1 Å². The second kappa shape index (κ2) is 6.45. The molecule has 1 aliphatic heterocycles. The number of ether oxygens (including phenoxy) is 1. The van der Waals surface area contributed by atoms with Crippen molar-refractivity contribution in [1.29, 1.82) is 0 Å². The fourth-order valence-electron chi connectivity index (χ4n) is 2.49. The number of halogens is 4. The summed E-state index contributed by atoms with van der Waals surface area (Å²) in [5.74, 6) is -1.30. The van der Waals surface area contributed by atoms with Crippen LogP contribution < -0.4 is 0 Å². The first-order chi connectivity index (χ1) is 11.0. The average Bonchev–Trinajstić information content (AvgIpc) is 2.44. The highest BCUT2D eigenvalue weighted by Crippen LogP contribution is 2.38.